The van der Waals surface area contributed by atoms with Crippen LogP contribution in [0.3, 0.4) is 0 Å². The predicted octanol–water partition coefficient (Wildman–Crippen LogP) is 4.54. The van der Waals surface area contributed by atoms with E-state index in [9.17, 15) is 14.4 Å². The highest BCUT2D eigenvalue weighted by atomic mass is 32.1. The van der Waals surface area contributed by atoms with E-state index < -0.39 is 11.5 Å². The summed E-state index contributed by atoms with van der Waals surface area (Å²) >= 11 is 1.21. The summed E-state index contributed by atoms with van der Waals surface area (Å²) in [5.74, 6) is 0.383. The Hall–Kier alpha value is -3.20. The molecule has 2 heterocycles. The molecular formula is C24H27N3O5S. The number of hydrogen-bond acceptors (Lipinski definition) is 7. The third-order valence-electron chi connectivity index (χ3n) is 5.93. The smallest absolute Gasteiger partial charge is 0.359 e. The summed E-state index contributed by atoms with van der Waals surface area (Å²) in [5.41, 5.74) is 0.0344. The van der Waals surface area contributed by atoms with Gasteiger partial charge in [-0.25, -0.2) is 4.79 Å². The number of aromatic nitrogens is 2. The van der Waals surface area contributed by atoms with Crippen molar-refractivity contribution in [2.75, 3.05) is 19.0 Å². The first-order valence-corrected chi connectivity index (χ1v) is 12.1. The van der Waals surface area contributed by atoms with Crippen molar-refractivity contribution in [3.8, 4) is 11.4 Å². The quantitative estimate of drug-likeness (QED) is 0.486. The van der Waals surface area contributed by atoms with Crippen LogP contribution in [0.1, 0.15) is 55.9 Å². The lowest BCUT2D eigenvalue weighted by Gasteiger charge is -2.11. The summed E-state index contributed by atoms with van der Waals surface area (Å²) in [7, 11) is 1.53. The van der Waals surface area contributed by atoms with Gasteiger partial charge < -0.3 is 14.8 Å². The fourth-order valence-electron chi connectivity index (χ4n) is 4.23. The van der Waals surface area contributed by atoms with Crippen molar-refractivity contribution in [2.45, 2.75) is 45.4 Å². The first-order valence-electron chi connectivity index (χ1n) is 11.2. The van der Waals surface area contributed by atoms with Crippen LogP contribution in [0.15, 0.2) is 34.4 Å². The van der Waals surface area contributed by atoms with Crippen LogP contribution in [-0.2, 0) is 9.53 Å². The van der Waals surface area contributed by atoms with Crippen LogP contribution in [0.2, 0.25) is 0 Å². The van der Waals surface area contributed by atoms with Gasteiger partial charge in [0.2, 0.25) is 5.91 Å². The van der Waals surface area contributed by atoms with Gasteiger partial charge in [0.1, 0.15) is 10.8 Å². The van der Waals surface area contributed by atoms with Gasteiger partial charge in [-0.15, -0.1) is 11.3 Å². The van der Waals surface area contributed by atoms with Crippen LogP contribution < -0.4 is 15.6 Å². The third kappa shape index (κ3) is 4.93. The maximum atomic E-state index is 13.5. The minimum Gasteiger partial charge on any atom is -0.497 e. The molecule has 174 valence electrons. The Kier molecular flexibility index (Phi) is 7.08. The van der Waals surface area contributed by atoms with Crippen LogP contribution >= 0.6 is 11.3 Å². The Morgan fingerprint density at radius 3 is 2.79 bits per heavy atom. The molecule has 0 unspecified atom stereocenters. The summed E-state index contributed by atoms with van der Waals surface area (Å²) in [5, 5.41) is 9.90. The minimum absolute atomic E-state index is 0.0250. The monoisotopic (exact) mass is 469 g/mol. The second kappa shape index (κ2) is 10.2. The van der Waals surface area contributed by atoms with Crippen LogP contribution in [0.4, 0.5) is 5.00 Å². The van der Waals surface area contributed by atoms with Crippen LogP contribution in [0.5, 0.6) is 5.75 Å². The lowest BCUT2D eigenvalue weighted by atomic mass is 10.0. The van der Waals surface area contributed by atoms with E-state index in [4.69, 9.17) is 9.47 Å². The molecule has 1 aliphatic carbocycles. The van der Waals surface area contributed by atoms with Gasteiger partial charge in [0.15, 0.2) is 5.69 Å². The number of nitrogens with one attached hydrogen (secondary N) is 1. The maximum Gasteiger partial charge on any atom is 0.359 e. The highest BCUT2D eigenvalue weighted by Crippen LogP contribution is 2.32. The number of carbonyl (C=O) groups excluding carboxylic acids is 2. The van der Waals surface area contributed by atoms with E-state index in [1.807, 2.05) is 0 Å². The van der Waals surface area contributed by atoms with Crippen molar-refractivity contribution in [1.29, 1.82) is 0 Å². The van der Waals surface area contributed by atoms with E-state index in [0.29, 0.717) is 34.2 Å². The maximum absolute atomic E-state index is 13.5. The minimum atomic E-state index is -0.629. The predicted molar refractivity (Wildman–Crippen MR) is 128 cm³/mol. The van der Waals surface area contributed by atoms with E-state index >= 15 is 0 Å². The molecule has 1 amide bonds. The van der Waals surface area contributed by atoms with Crippen molar-refractivity contribution < 1.29 is 19.1 Å². The number of esters is 1. The molecule has 0 atom stereocenters. The van der Waals surface area contributed by atoms with E-state index in [1.165, 1.54) is 44.1 Å². The second-order valence-corrected chi connectivity index (χ2v) is 8.96. The van der Waals surface area contributed by atoms with Crippen LogP contribution in [-0.4, -0.2) is 35.4 Å². The molecule has 0 radical (unpaired) electrons. The van der Waals surface area contributed by atoms with Gasteiger partial charge in [0, 0.05) is 23.3 Å². The number of benzene rings is 1. The molecule has 4 rings (SSSR count). The Labute approximate surface area is 195 Å². The molecule has 33 heavy (non-hydrogen) atoms. The molecule has 0 spiro atoms. The molecule has 0 bridgehead atoms. The highest BCUT2D eigenvalue weighted by Gasteiger charge is 2.24. The molecule has 3 aromatic rings. The average molecular weight is 470 g/mol. The summed E-state index contributed by atoms with van der Waals surface area (Å²) in [4.78, 5) is 38.7. The Morgan fingerprint density at radius 2 is 2.06 bits per heavy atom. The molecule has 1 fully saturated rings. The summed E-state index contributed by atoms with van der Waals surface area (Å²) in [6.07, 6.45) is 6.07. The Balaban J connectivity index is 1.74. The highest BCUT2D eigenvalue weighted by molar-refractivity contribution is 7.16. The number of nitrogens with zero attached hydrogens (tertiary/aromatic N) is 2. The zero-order valence-electron chi connectivity index (χ0n) is 18.8. The van der Waals surface area contributed by atoms with Crippen LogP contribution in [0, 0.1) is 5.92 Å². The topological polar surface area (TPSA) is 99.5 Å². The average Bonchev–Trinajstić information content (AvgIpc) is 3.49. The molecule has 0 saturated heterocycles. The number of carbonyl (C=O) groups is 2. The van der Waals surface area contributed by atoms with Crippen molar-refractivity contribution in [3.63, 3.8) is 0 Å². The van der Waals surface area contributed by atoms with Gasteiger partial charge >= 0.3 is 5.97 Å². The molecule has 1 aliphatic rings. The standard InChI is InChI=1S/C24H27N3O5S/c1-3-32-24(30)21-18-14-33-22(25-19(28)12-11-15-7-4-5-8-15)20(18)23(29)27(26-21)16-9-6-10-17(13-16)31-2/h6,9-10,13-15H,3-5,7-8,11-12H2,1-2H3,(H,25,28). The van der Waals surface area contributed by atoms with E-state index in [-0.39, 0.29) is 23.6 Å². The third-order valence-corrected chi connectivity index (χ3v) is 6.82. The van der Waals surface area contributed by atoms with Crippen molar-refractivity contribution in [2.24, 2.45) is 5.92 Å². The van der Waals surface area contributed by atoms with E-state index in [1.54, 1.807) is 36.6 Å². The number of ether oxygens (including phenoxy) is 2. The SMILES string of the molecule is CCOC(=O)c1nn(-c2cccc(OC)c2)c(=O)c2c(NC(=O)CCC3CCCC3)scc12. The van der Waals surface area contributed by atoms with Crippen molar-refractivity contribution >= 4 is 39.0 Å². The molecule has 8 nitrogen and oxygen atoms in total. The van der Waals surface area contributed by atoms with Crippen molar-refractivity contribution in [1.82, 2.24) is 9.78 Å². The second-order valence-electron chi connectivity index (χ2n) is 8.08. The van der Waals surface area contributed by atoms with Gasteiger partial charge in [-0.2, -0.15) is 9.78 Å². The summed E-state index contributed by atoms with van der Waals surface area (Å²) in [6.45, 7) is 1.88. The van der Waals surface area contributed by atoms with Gasteiger partial charge in [0.05, 0.1) is 24.8 Å². The number of fused-ring (bicyclic) bond motifs is 1. The number of rotatable bonds is 8. The van der Waals surface area contributed by atoms with Gasteiger partial charge in [-0.3, -0.25) is 9.59 Å². The number of hydrogen-bond donors (Lipinski definition) is 1. The largest absolute Gasteiger partial charge is 0.497 e. The summed E-state index contributed by atoms with van der Waals surface area (Å²) in [6, 6.07) is 6.83. The summed E-state index contributed by atoms with van der Waals surface area (Å²) < 4.78 is 11.6. The molecule has 9 heteroatoms. The fraction of sp³-hybridized carbons (Fsp3) is 0.417. The van der Waals surface area contributed by atoms with E-state index in [0.717, 1.165) is 11.1 Å². The molecular weight excluding hydrogens is 442 g/mol. The van der Waals surface area contributed by atoms with E-state index in [2.05, 4.69) is 10.4 Å². The Morgan fingerprint density at radius 1 is 1.27 bits per heavy atom. The first kappa shape index (κ1) is 23.0. The van der Waals surface area contributed by atoms with Gasteiger partial charge in [0.25, 0.3) is 5.56 Å². The molecule has 0 aliphatic heterocycles. The van der Waals surface area contributed by atoms with Gasteiger partial charge in [-0.05, 0) is 31.4 Å². The zero-order valence-corrected chi connectivity index (χ0v) is 19.6. The normalized spacial score (nSPS) is 13.9. The number of thiophene rings is 1. The molecule has 1 saturated carbocycles. The van der Waals surface area contributed by atoms with Crippen molar-refractivity contribution in [3.05, 3.63) is 45.7 Å². The van der Waals surface area contributed by atoms with Crippen LogP contribution in [0.25, 0.3) is 16.5 Å². The zero-order chi connectivity index (χ0) is 23.4. The molecule has 1 N–H and O–H groups in total. The lowest BCUT2D eigenvalue weighted by Crippen LogP contribution is -2.25. The lowest BCUT2D eigenvalue weighted by molar-refractivity contribution is -0.116. The fourth-order valence-corrected chi connectivity index (χ4v) is 5.19. The Bertz CT molecular complexity index is 1230. The number of amides is 1. The number of anilines is 1. The number of methoxy groups -OCH3 is 1. The van der Waals surface area contributed by atoms with Gasteiger partial charge in [-0.1, -0.05) is 31.7 Å². The molecule has 1 aromatic carbocycles. The molecule has 2 aromatic heterocycles. The first-order chi connectivity index (χ1) is 16.0.